The van der Waals surface area contributed by atoms with Crippen LogP contribution in [0.4, 0.5) is 10.5 Å². The standard InChI is InChI=1S/C15H21BrN2O3/c1-4-11-8-12(16)6-7-13(11)17-15(21)18(5-2)9-10(3)14(19)20/h6-8,10H,4-5,9H2,1-3H3,(H,17,21)(H,19,20). The van der Waals surface area contributed by atoms with E-state index in [1.807, 2.05) is 32.0 Å². The highest BCUT2D eigenvalue weighted by Gasteiger charge is 2.19. The summed E-state index contributed by atoms with van der Waals surface area (Å²) in [6.07, 6.45) is 0.798. The molecule has 0 aliphatic rings. The molecule has 0 radical (unpaired) electrons. The summed E-state index contributed by atoms with van der Waals surface area (Å²) < 4.78 is 0.962. The van der Waals surface area contributed by atoms with Gasteiger partial charge >= 0.3 is 12.0 Å². The number of urea groups is 1. The zero-order valence-electron chi connectivity index (χ0n) is 12.5. The van der Waals surface area contributed by atoms with Crippen molar-refractivity contribution in [2.75, 3.05) is 18.4 Å². The number of hydrogen-bond acceptors (Lipinski definition) is 2. The lowest BCUT2D eigenvalue weighted by atomic mass is 10.1. The van der Waals surface area contributed by atoms with Crippen molar-refractivity contribution in [3.05, 3.63) is 28.2 Å². The fourth-order valence-electron chi connectivity index (χ4n) is 1.94. The number of anilines is 1. The number of carbonyl (C=O) groups excluding carboxylic acids is 1. The van der Waals surface area contributed by atoms with E-state index in [0.29, 0.717) is 6.54 Å². The van der Waals surface area contributed by atoms with E-state index in [-0.39, 0.29) is 12.6 Å². The van der Waals surface area contributed by atoms with Crippen LogP contribution in [0.2, 0.25) is 0 Å². The van der Waals surface area contributed by atoms with Crippen LogP contribution in [0.15, 0.2) is 22.7 Å². The van der Waals surface area contributed by atoms with Crippen LogP contribution in [0.1, 0.15) is 26.3 Å². The smallest absolute Gasteiger partial charge is 0.321 e. The van der Waals surface area contributed by atoms with E-state index in [2.05, 4.69) is 21.2 Å². The van der Waals surface area contributed by atoms with Gasteiger partial charge in [-0.05, 0) is 37.1 Å². The second-order valence-corrected chi connectivity index (χ2v) is 5.78. The predicted molar refractivity (Wildman–Crippen MR) is 86.6 cm³/mol. The third kappa shape index (κ3) is 5.04. The van der Waals surface area contributed by atoms with Crippen molar-refractivity contribution in [3.8, 4) is 0 Å². The Morgan fingerprint density at radius 1 is 1.38 bits per heavy atom. The van der Waals surface area contributed by atoms with Gasteiger partial charge in [0.05, 0.1) is 5.92 Å². The van der Waals surface area contributed by atoms with Gasteiger partial charge in [-0.1, -0.05) is 29.8 Å². The normalized spacial score (nSPS) is 11.8. The summed E-state index contributed by atoms with van der Waals surface area (Å²) in [6.45, 7) is 6.09. The van der Waals surface area contributed by atoms with E-state index in [1.54, 1.807) is 6.92 Å². The number of carboxylic acid groups (broad SMARTS) is 1. The minimum Gasteiger partial charge on any atom is -0.481 e. The third-order valence-electron chi connectivity index (χ3n) is 3.27. The Labute approximate surface area is 133 Å². The number of aryl methyl sites for hydroxylation is 1. The highest BCUT2D eigenvalue weighted by molar-refractivity contribution is 9.10. The predicted octanol–water partition coefficient (Wildman–Crippen LogP) is 3.59. The van der Waals surface area contributed by atoms with Gasteiger partial charge in [0.25, 0.3) is 0 Å². The first kappa shape index (κ1) is 17.5. The number of nitrogens with zero attached hydrogens (tertiary/aromatic N) is 1. The van der Waals surface area contributed by atoms with Crippen LogP contribution in [0.3, 0.4) is 0 Å². The largest absolute Gasteiger partial charge is 0.481 e. The molecule has 0 aliphatic carbocycles. The molecule has 0 saturated carbocycles. The number of amides is 2. The van der Waals surface area contributed by atoms with Crippen molar-refractivity contribution in [1.29, 1.82) is 0 Å². The number of carbonyl (C=O) groups is 2. The summed E-state index contributed by atoms with van der Waals surface area (Å²) in [6, 6.07) is 5.40. The van der Waals surface area contributed by atoms with E-state index in [9.17, 15) is 9.59 Å². The van der Waals surface area contributed by atoms with Gasteiger partial charge in [0.15, 0.2) is 0 Å². The zero-order valence-corrected chi connectivity index (χ0v) is 14.1. The van der Waals surface area contributed by atoms with E-state index in [0.717, 1.165) is 22.1 Å². The molecule has 1 rings (SSSR count). The van der Waals surface area contributed by atoms with Crippen LogP contribution in [0.5, 0.6) is 0 Å². The van der Waals surface area contributed by atoms with Gasteiger partial charge in [-0.3, -0.25) is 4.79 Å². The van der Waals surface area contributed by atoms with Gasteiger partial charge in [-0.2, -0.15) is 0 Å². The van der Waals surface area contributed by atoms with Gasteiger partial charge in [0.1, 0.15) is 0 Å². The molecule has 0 fully saturated rings. The Hall–Kier alpha value is -1.56. The van der Waals surface area contributed by atoms with Gasteiger partial charge in [-0.15, -0.1) is 0 Å². The molecule has 0 heterocycles. The SMILES string of the molecule is CCc1cc(Br)ccc1NC(=O)N(CC)CC(C)C(=O)O. The van der Waals surface area contributed by atoms with E-state index >= 15 is 0 Å². The zero-order chi connectivity index (χ0) is 16.0. The summed E-state index contributed by atoms with van der Waals surface area (Å²) in [4.78, 5) is 24.7. The summed E-state index contributed by atoms with van der Waals surface area (Å²) in [5, 5.41) is 11.8. The molecule has 1 aromatic rings. The first-order valence-electron chi connectivity index (χ1n) is 6.96. The Morgan fingerprint density at radius 2 is 2.05 bits per heavy atom. The van der Waals surface area contributed by atoms with Crippen molar-refractivity contribution in [3.63, 3.8) is 0 Å². The van der Waals surface area contributed by atoms with Gasteiger partial charge in [-0.25, -0.2) is 4.79 Å². The van der Waals surface area contributed by atoms with Crippen molar-refractivity contribution >= 4 is 33.6 Å². The molecule has 1 atom stereocenters. The molecule has 116 valence electrons. The molecule has 1 aromatic carbocycles. The van der Waals surface area contributed by atoms with Crippen LogP contribution in [-0.2, 0) is 11.2 Å². The maximum Gasteiger partial charge on any atom is 0.321 e. The minimum absolute atomic E-state index is 0.190. The fraction of sp³-hybridized carbons (Fsp3) is 0.467. The number of nitrogens with one attached hydrogen (secondary N) is 1. The maximum absolute atomic E-state index is 12.3. The van der Waals surface area contributed by atoms with E-state index in [1.165, 1.54) is 4.90 Å². The number of benzene rings is 1. The number of rotatable bonds is 6. The molecule has 21 heavy (non-hydrogen) atoms. The van der Waals surface area contributed by atoms with Gasteiger partial charge in [0.2, 0.25) is 0 Å². The van der Waals surface area contributed by atoms with Gasteiger partial charge < -0.3 is 15.3 Å². The molecule has 0 saturated heterocycles. The Balaban J connectivity index is 2.81. The van der Waals surface area contributed by atoms with Crippen LogP contribution in [-0.4, -0.2) is 35.1 Å². The highest BCUT2D eigenvalue weighted by Crippen LogP contribution is 2.22. The average molecular weight is 357 g/mol. The molecule has 5 nitrogen and oxygen atoms in total. The number of carboxylic acids is 1. The summed E-state index contributed by atoms with van der Waals surface area (Å²) in [5.41, 5.74) is 1.78. The Bertz CT molecular complexity index is 520. The van der Waals surface area contributed by atoms with Gasteiger partial charge in [0, 0.05) is 23.2 Å². The molecule has 0 bridgehead atoms. The molecule has 2 N–H and O–H groups in total. The van der Waals surface area contributed by atoms with Crippen molar-refractivity contribution in [1.82, 2.24) is 4.90 Å². The lowest BCUT2D eigenvalue weighted by molar-refractivity contribution is -0.141. The molecule has 6 heteroatoms. The van der Waals surface area contributed by atoms with Crippen molar-refractivity contribution in [2.24, 2.45) is 5.92 Å². The number of aliphatic carboxylic acids is 1. The molecule has 1 unspecified atom stereocenters. The fourth-order valence-corrected chi connectivity index (χ4v) is 2.34. The quantitative estimate of drug-likeness (QED) is 0.818. The van der Waals surface area contributed by atoms with E-state index < -0.39 is 11.9 Å². The topological polar surface area (TPSA) is 69.6 Å². The highest BCUT2D eigenvalue weighted by atomic mass is 79.9. The molecule has 0 spiro atoms. The van der Waals surface area contributed by atoms with E-state index in [4.69, 9.17) is 5.11 Å². The molecule has 2 amide bonds. The van der Waals surface area contributed by atoms with Crippen molar-refractivity contribution < 1.29 is 14.7 Å². The summed E-state index contributed by atoms with van der Waals surface area (Å²) in [5.74, 6) is -1.49. The lowest BCUT2D eigenvalue weighted by Crippen LogP contribution is -2.39. The van der Waals surface area contributed by atoms with Crippen LogP contribution < -0.4 is 5.32 Å². The first-order chi connectivity index (χ1) is 9.88. The van der Waals surface area contributed by atoms with Crippen LogP contribution in [0.25, 0.3) is 0 Å². The summed E-state index contributed by atoms with van der Waals surface area (Å²) in [7, 11) is 0. The molecular weight excluding hydrogens is 336 g/mol. The Kier molecular flexibility index (Phi) is 6.68. The molecule has 0 aliphatic heterocycles. The Morgan fingerprint density at radius 3 is 2.57 bits per heavy atom. The van der Waals surface area contributed by atoms with Crippen LogP contribution in [0, 0.1) is 5.92 Å². The monoisotopic (exact) mass is 356 g/mol. The first-order valence-corrected chi connectivity index (χ1v) is 7.75. The maximum atomic E-state index is 12.3. The minimum atomic E-state index is -0.904. The third-order valence-corrected chi connectivity index (χ3v) is 3.77. The second kappa shape index (κ2) is 8.02. The molecule has 0 aromatic heterocycles. The lowest BCUT2D eigenvalue weighted by Gasteiger charge is -2.24. The second-order valence-electron chi connectivity index (χ2n) is 4.86. The number of hydrogen-bond donors (Lipinski definition) is 2. The summed E-state index contributed by atoms with van der Waals surface area (Å²) >= 11 is 3.41. The average Bonchev–Trinajstić information content (AvgIpc) is 2.45. The van der Waals surface area contributed by atoms with Crippen molar-refractivity contribution in [2.45, 2.75) is 27.2 Å². The molecular formula is C15H21BrN2O3. The van der Waals surface area contributed by atoms with Crippen LogP contribution >= 0.6 is 15.9 Å². The number of halogens is 1.